The number of amides is 1. The van der Waals surface area contributed by atoms with Crippen LogP contribution in [0.1, 0.15) is 20.8 Å². The van der Waals surface area contributed by atoms with Gasteiger partial charge >= 0.3 is 6.43 Å². The molecule has 6 heteroatoms. The van der Waals surface area contributed by atoms with E-state index in [9.17, 15) is 18.4 Å². The van der Waals surface area contributed by atoms with E-state index in [1.54, 1.807) is 20.8 Å². The number of carbonyl (C=O) groups excluding carboxylic acids is 2. The summed E-state index contributed by atoms with van der Waals surface area (Å²) >= 11 is 2.92. The van der Waals surface area contributed by atoms with Crippen LogP contribution in [0.4, 0.5) is 8.78 Å². The number of nitrogens with zero attached hydrogens (tertiary/aromatic N) is 1. The summed E-state index contributed by atoms with van der Waals surface area (Å²) in [4.78, 5) is 23.1. The molecule has 15 heavy (non-hydrogen) atoms. The van der Waals surface area contributed by atoms with Crippen LogP contribution >= 0.6 is 15.9 Å². The summed E-state index contributed by atoms with van der Waals surface area (Å²) in [5, 5.41) is 0.0517. The maximum absolute atomic E-state index is 12.2. The molecule has 0 radical (unpaired) electrons. The number of Topliss-reactive ketones (excluding diaryl/α,β-unsaturated/α-hetero) is 1. The molecule has 0 rings (SSSR count). The Morgan fingerprint density at radius 2 is 1.80 bits per heavy atom. The second-order valence-electron chi connectivity index (χ2n) is 4.07. The van der Waals surface area contributed by atoms with Crippen LogP contribution in [0.2, 0.25) is 0 Å². The molecule has 0 aromatic heterocycles. The predicted molar refractivity (Wildman–Crippen MR) is 56.3 cm³/mol. The van der Waals surface area contributed by atoms with E-state index in [2.05, 4.69) is 15.9 Å². The lowest BCUT2D eigenvalue weighted by Gasteiger charge is -2.34. The van der Waals surface area contributed by atoms with Crippen LogP contribution in [0, 0.1) is 0 Å². The van der Waals surface area contributed by atoms with E-state index in [1.165, 1.54) is 0 Å². The van der Waals surface area contributed by atoms with Crippen molar-refractivity contribution in [2.75, 3.05) is 11.9 Å². The first kappa shape index (κ1) is 14.5. The van der Waals surface area contributed by atoms with Gasteiger partial charge in [-0.2, -0.15) is 8.78 Å². The molecule has 0 saturated heterocycles. The Balaban J connectivity index is 4.75. The van der Waals surface area contributed by atoms with Crippen LogP contribution in [0.5, 0.6) is 0 Å². The molecule has 0 aliphatic heterocycles. The van der Waals surface area contributed by atoms with Crippen LogP contribution in [0.25, 0.3) is 0 Å². The fourth-order valence-corrected chi connectivity index (χ4v) is 1.16. The first-order chi connectivity index (χ1) is 6.70. The Morgan fingerprint density at radius 3 is 2.07 bits per heavy atom. The van der Waals surface area contributed by atoms with Crippen molar-refractivity contribution in [1.29, 1.82) is 0 Å². The molecule has 88 valence electrons. The number of rotatable bonds is 4. The Bertz CT molecular complexity index is 251. The largest absolute Gasteiger partial charge is 0.326 e. The monoisotopic (exact) mass is 285 g/mol. The van der Waals surface area contributed by atoms with Crippen molar-refractivity contribution in [2.24, 2.45) is 0 Å². The molecule has 0 fully saturated rings. The SMILES string of the molecule is CC(C)(C)N(CC(=O)CBr)C(=O)C(F)F. The van der Waals surface area contributed by atoms with E-state index in [-0.39, 0.29) is 17.7 Å². The number of carbonyl (C=O) groups is 2. The minimum Gasteiger partial charge on any atom is -0.326 e. The highest BCUT2D eigenvalue weighted by molar-refractivity contribution is 9.09. The summed E-state index contributed by atoms with van der Waals surface area (Å²) in [6, 6.07) is 0. The molecule has 0 saturated carbocycles. The molecule has 0 spiro atoms. The van der Waals surface area contributed by atoms with Gasteiger partial charge in [-0.15, -0.1) is 0 Å². The molecule has 0 aromatic carbocycles. The average Bonchev–Trinajstić information content (AvgIpc) is 2.10. The summed E-state index contributed by atoms with van der Waals surface area (Å²) in [7, 11) is 0. The van der Waals surface area contributed by atoms with Crippen molar-refractivity contribution in [3.63, 3.8) is 0 Å². The van der Waals surface area contributed by atoms with Crippen molar-refractivity contribution in [3.05, 3.63) is 0 Å². The van der Waals surface area contributed by atoms with Gasteiger partial charge in [0, 0.05) is 5.54 Å². The third-order valence-corrected chi connectivity index (χ3v) is 2.37. The standard InChI is InChI=1S/C9H14BrF2NO2/c1-9(2,3)13(5-6(14)4-10)8(15)7(11)12/h7H,4-5H2,1-3H3. The molecular weight excluding hydrogens is 272 g/mol. The van der Waals surface area contributed by atoms with Gasteiger partial charge in [0.15, 0.2) is 5.78 Å². The van der Waals surface area contributed by atoms with Gasteiger partial charge in [-0.05, 0) is 20.8 Å². The molecular formula is C9H14BrF2NO2. The maximum Gasteiger partial charge on any atom is 0.315 e. The van der Waals surface area contributed by atoms with Gasteiger partial charge in [0.1, 0.15) is 0 Å². The molecule has 0 aliphatic carbocycles. The van der Waals surface area contributed by atoms with Crippen molar-refractivity contribution in [1.82, 2.24) is 4.90 Å². The number of ketones is 1. The summed E-state index contributed by atoms with van der Waals surface area (Å²) in [5.74, 6) is -1.62. The van der Waals surface area contributed by atoms with Crippen LogP contribution < -0.4 is 0 Å². The molecule has 0 aromatic rings. The number of hydrogen-bond donors (Lipinski definition) is 0. The lowest BCUT2D eigenvalue weighted by atomic mass is 10.1. The van der Waals surface area contributed by atoms with Crippen molar-refractivity contribution < 1.29 is 18.4 Å². The van der Waals surface area contributed by atoms with Crippen molar-refractivity contribution in [3.8, 4) is 0 Å². The van der Waals surface area contributed by atoms with Gasteiger partial charge in [-0.25, -0.2) is 0 Å². The lowest BCUT2D eigenvalue weighted by molar-refractivity contribution is -0.150. The number of halogens is 3. The Labute approximate surface area is 95.9 Å². The second kappa shape index (κ2) is 5.53. The van der Waals surface area contributed by atoms with E-state index >= 15 is 0 Å². The zero-order valence-electron chi connectivity index (χ0n) is 8.89. The van der Waals surface area contributed by atoms with Crippen LogP contribution in [0.15, 0.2) is 0 Å². The topological polar surface area (TPSA) is 37.4 Å². The van der Waals surface area contributed by atoms with Crippen LogP contribution in [-0.2, 0) is 9.59 Å². The van der Waals surface area contributed by atoms with Crippen LogP contribution in [0.3, 0.4) is 0 Å². The molecule has 1 amide bonds. The zero-order valence-corrected chi connectivity index (χ0v) is 10.5. The smallest absolute Gasteiger partial charge is 0.315 e. The summed E-state index contributed by atoms with van der Waals surface area (Å²) in [6.45, 7) is 4.52. The highest BCUT2D eigenvalue weighted by Gasteiger charge is 2.32. The van der Waals surface area contributed by atoms with Gasteiger partial charge in [-0.3, -0.25) is 9.59 Å². The Morgan fingerprint density at radius 1 is 1.33 bits per heavy atom. The highest BCUT2D eigenvalue weighted by Crippen LogP contribution is 2.16. The summed E-state index contributed by atoms with van der Waals surface area (Å²) in [6.07, 6.45) is -3.08. The summed E-state index contributed by atoms with van der Waals surface area (Å²) in [5.41, 5.74) is -0.786. The molecule has 0 atom stereocenters. The molecule has 3 nitrogen and oxygen atoms in total. The third kappa shape index (κ3) is 4.68. The highest BCUT2D eigenvalue weighted by atomic mass is 79.9. The minimum atomic E-state index is -3.08. The normalized spacial score (nSPS) is 11.7. The predicted octanol–water partition coefficient (Wildman–Crippen LogP) is 1.84. The lowest BCUT2D eigenvalue weighted by Crippen LogP contribution is -2.50. The van der Waals surface area contributed by atoms with Gasteiger partial charge in [-0.1, -0.05) is 15.9 Å². The Kier molecular flexibility index (Phi) is 5.34. The first-order valence-electron chi connectivity index (χ1n) is 4.37. The van der Waals surface area contributed by atoms with Gasteiger partial charge in [0.2, 0.25) is 0 Å². The number of alkyl halides is 3. The van der Waals surface area contributed by atoms with E-state index in [0.717, 1.165) is 4.90 Å². The average molecular weight is 286 g/mol. The maximum atomic E-state index is 12.2. The van der Waals surface area contributed by atoms with Crippen molar-refractivity contribution in [2.45, 2.75) is 32.7 Å². The Hall–Kier alpha value is -0.520. The minimum absolute atomic E-state index is 0.0517. The van der Waals surface area contributed by atoms with Gasteiger partial charge in [0.05, 0.1) is 11.9 Å². The molecule has 0 unspecified atom stereocenters. The molecule has 0 N–H and O–H groups in total. The van der Waals surface area contributed by atoms with E-state index in [0.29, 0.717) is 0 Å². The van der Waals surface area contributed by atoms with E-state index in [4.69, 9.17) is 0 Å². The fraction of sp³-hybridized carbons (Fsp3) is 0.778. The summed E-state index contributed by atoms with van der Waals surface area (Å²) < 4.78 is 24.5. The quantitative estimate of drug-likeness (QED) is 0.740. The number of hydrogen-bond acceptors (Lipinski definition) is 2. The van der Waals surface area contributed by atoms with E-state index in [1.807, 2.05) is 0 Å². The molecule has 0 heterocycles. The molecule has 0 aliphatic rings. The third-order valence-electron chi connectivity index (χ3n) is 1.75. The fourth-order valence-electron chi connectivity index (χ4n) is 0.982. The van der Waals surface area contributed by atoms with Crippen LogP contribution in [-0.4, -0.2) is 40.4 Å². The van der Waals surface area contributed by atoms with Gasteiger partial charge in [0.25, 0.3) is 5.91 Å². The van der Waals surface area contributed by atoms with Crippen molar-refractivity contribution >= 4 is 27.6 Å². The van der Waals surface area contributed by atoms with Gasteiger partial charge < -0.3 is 4.90 Å². The second-order valence-corrected chi connectivity index (χ2v) is 4.63. The van der Waals surface area contributed by atoms with E-state index < -0.39 is 17.9 Å². The molecule has 0 bridgehead atoms. The zero-order chi connectivity index (χ0) is 12.2. The first-order valence-corrected chi connectivity index (χ1v) is 5.49.